The van der Waals surface area contributed by atoms with Crippen molar-refractivity contribution in [1.82, 2.24) is 10.2 Å². The number of likely N-dealkylation sites (tertiary alicyclic amines) is 1. The van der Waals surface area contributed by atoms with Gasteiger partial charge in [0.15, 0.2) is 0 Å². The second kappa shape index (κ2) is 6.65. The normalized spacial score (nSPS) is 27.9. The van der Waals surface area contributed by atoms with E-state index in [0.717, 1.165) is 22.2 Å². The predicted molar refractivity (Wildman–Crippen MR) is 85.5 cm³/mol. The fraction of sp³-hybridized carbons (Fsp3) is 0.625. The van der Waals surface area contributed by atoms with Gasteiger partial charge in [0.2, 0.25) is 0 Å². The van der Waals surface area contributed by atoms with Gasteiger partial charge in [-0.15, -0.1) is 0 Å². The maximum atomic E-state index is 6.32. The summed E-state index contributed by atoms with van der Waals surface area (Å²) in [6, 6.07) is 7.10. The SMILES string of the molecule is Clc1ccc(Cl)c(CN2CCCCC2C2CCCN2)c1. The minimum atomic E-state index is 0.654. The van der Waals surface area contributed by atoms with Crippen LogP contribution in [0.2, 0.25) is 10.0 Å². The molecule has 2 fully saturated rings. The fourth-order valence-corrected chi connectivity index (χ4v) is 3.96. The number of nitrogens with zero attached hydrogens (tertiary/aromatic N) is 1. The summed E-state index contributed by atoms with van der Waals surface area (Å²) in [7, 11) is 0. The van der Waals surface area contributed by atoms with Gasteiger partial charge in [-0.3, -0.25) is 4.90 Å². The van der Waals surface area contributed by atoms with Crippen molar-refractivity contribution in [3.05, 3.63) is 33.8 Å². The maximum Gasteiger partial charge on any atom is 0.0452 e. The second-order valence-electron chi connectivity index (χ2n) is 5.97. The molecule has 2 aliphatic rings. The molecule has 1 aromatic carbocycles. The molecule has 2 heterocycles. The van der Waals surface area contributed by atoms with E-state index in [1.54, 1.807) is 0 Å². The molecule has 2 atom stereocenters. The molecule has 2 saturated heterocycles. The summed E-state index contributed by atoms with van der Waals surface area (Å²) in [6.07, 6.45) is 6.57. The fourth-order valence-electron chi connectivity index (χ4n) is 3.59. The van der Waals surface area contributed by atoms with Crippen molar-refractivity contribution in [2.75, 3.05) is 13.1 Å². The lowest BCUT2D eigenvalue weighted by Gasteiger charge is -2.39. The number of piperidine rings is 1. The summed E-state index contributed by atoms with van der Waals surface area (Å²) in [6.45, 7) is 3.26. The first-order valence-electron chi connectivity index (χ1n) is 7.65. The molecule has 2 aliphatic heterocycles. The largest absolute Gasteiger partial charge is 0.312 e. The molecule has 20 heavy (non-hydrogen) atoms. The Morgan fingerprint density at radius 2 is 2.05 bits per heavy atom. The first-order valence-corrected chi connectivity index (χ1v) is 8.41. The Kier molecular flexibility index (Phi) is 4.87. The first-order chi connectivity index (χ1) is 9.74. The molecule has 1 aromatic rings. The van der Waals surface area contributed by atoms with E-state index in [1.807, 2.05) is 18.2 Å². The van der Waals surface area contributed by atoms with Crippen molar-refractivity contribution in [3.63, 3.8) is 0 Å². The Labute approximate surface area is 131 Å². The first kappa shape index (κ1) is 14.6. The van der Waals surface area contributed by atoms with Gasteiger partial charge in [-0.2, -0.15) is 0 Å². The smallest absolute Gasteiger partial charge is 0.0452 e. The van der Waals surface area contributed by atoms with Gasteiger partial charge in [0.25, 0.3) is 0 Å². The van der Waals surface area contributed by atoms with Gasteiger partial charge in [0.05, 0.1) is 0 Å². The molecular formula is C16H22Cl2N2. The van der Waals surface area contributed by atoms with E-state index >= 15 is 0 Å². The molecule has 0 radical (unpaired) electrons. The Hall–Kier alpha value is -0.280. The summed E-state index contributed by atoms with van der Waals surface area (Å²) in [5.74, 6) is 0. The van der Waals surface area contributed by atoms with Gasteiger partial charge in [-0.1, -0.05) is 29.6 Å². The molecule has 110 valence electrons. The summed E-state index contributed by atoms with van der Waals surface area (Å²) < 4.78 is 0. The van der Waals surface area contributed by atoms with Gasteiger partial charge in [-0.05, 0) is 62.5 Å². The van der Waals surface area contributed by atoms with Crippen LogP contribution in [0.15, 0.2) is 18.2 Å². The molecule has 2 nitrogen and oxygen atoms in total. The monoisotopic (exact) mass is 312 g/mol. The average molecular weight is 313 g/mol. The Bertz CT molecular complexity index is 458. The summed E-state index contributed by atoms with van der Waals surface area (Å²) in [4.78, 5) is 2.60. The molecule has 2 unspecified atom stereocenters. The quantitative estimate of drug-likeness (QED) is 0.904. The summed E-state index contributed by atoms with van der Waals surface area (Å²) in [5.41, 5.74) is 1.16. The van der Waals surface area contributed by atoms with Crippen molar-refractivity contribution in [2.24, 2.45) is 0 Å². The predicted octanol–water partition coefficient (Wildman–Crippen LogP) is 4.10. The molecule has 4 heteroatoms. The van der Waals surface area contributed by atoms with Crippen molar-refractivity contribution in [2.45, 2.75) is 50.7 Å². The average Bonchev–Trinajstić information content (AvgIpc) is 2.97. The van der Waals surface area contributed by atoms with Crippen LogP contribution in [0.25, 0.3) is 0 Å². The Morgan fingerprint density at radius 3 is 2.85 bits per heavy atom. The van der Waals surface area contributed by atoms with Crippen LogP contribution in [-0.2, 0) is 6.54 Å². The second-order valence-corrected chi connectivity index (χ2v) is 6.82. The topological polar surface area (TPSA) is 15.3 Å². The molecule has 0 amide bonds. The van der Waals surface area contributed by atoms with Crippen LogP contribution >= 0.6 is 23.2 Å². The number of rotatable bonds is 3. The molecule has 0 aromatic heterocycles. The molecule has 0 aliphatic carbocycles. The number of nitrogens with one attached hydrogen (secondary N) is 1. The van der Waals surface area contributed by atoms with Crippen LogP contribution in [0.4, 0.5) is 0 Å². The zero-order chi connectivity index (χ0) is 13.9. The van der Waals surface area contributed by atoms with Crippen LogP contribution in [0.1, 0.15) is 37.7 Å². The van der Waals surface area contributed by atoms with E-state index in [0.29, 0.717) is 12.1 Å². The zero-order valence-corrected chi connectivity index (χ0v) is 13.3. The highest BCUT2D eigenvalue weighted by molar-refractivity contribution is 6.33. The van der Waals surface area contributed by atoms with Crippen molar-refractivity contribution < 1.29 is 0 Å². The van der Waals surface area contributed by atoms with E-state index < -0.39 is 0 Å². The number of benzene rings is 1. The standard InChI is InChI=1S/C16H22Cl2N2/c17-13-6-7-14(18)12(10-13)11-20-9-2-1-5-16(20)15-4-3-8-19-15/h6-7,10,15-16,19H,1-5,8-9,11H2. The van der Waals surface area contributed by atoms with Gasteiger partial charge in [0.1, 0.15) is 0 Å². The summed E-state index contributed by atoms with van der Waals surface area (Å²) in [5, 5.41) is 5.27. The number of hydrogen-bond donors (Lipinski definition) is 1. The van der Waals surface area contributed by atoms with Gasteiger partial charge in [0, 0.05) is 28.7 Å². The van der Waals surface area contributed by atoms with Gasteiger partial charge >= 0.3 is 0 Å². The third-order valence-electron chi connectivity index (χ3n) is 4.61. The lowest BCUT2D eigenvalue weighted by Crippen LogP contribution is -2.49. The lowest BCUT2D eigenvalue weighted by atomic mass is 9.94. The van der Waals surface area contributed by atoms with Crippen molar-refractivity contribution in [1.29, 1.82) is 0 Å². The molecule has 0 bridgehead atoms. The number of hydrogen-bond acceptors (Lipinski definition) is 2. The van der Waals surface area contributed by atoms with Gasteiger partial charge in [-0.25, -0.2) is 0 Å². The van der Waals surface area contributed by atoms with Gasteiger partial charge < -0.3 is 5.32 Å². The molecule has 3 rings (SSSR count). The number of halogens is 2. The van der Waals surface area contributed by atoms with Crippen LogP contribution in [0.3, 0.4) is 0 Å². The van der Waals surface area contributed by atoms with Crippen LogP contribution in [0.5, 0.6) is 0 Å². The summed E-state index contributed by atoms with van der Waals surface area (Å²) >= 11 is 12.4. The molecule has 0 spiro atoms. The highest BCUT2D eigenvalue weighted by Gasteiger charge is 2.31. The minimum Gasteiger partial charge on any atom is -0.312 e. The van der Waals surface area contributed by atoms with E-state index in [1.165, 1.54) is 45.2 Å². The van der Waals surface area contributed by atoms with Crippen molar-refractivity contribution in [3.8, 4) is 0 Å². The molecule has 1 N–H and O–H groups in total. The Balaban J connectivity index is 1.74. The minimum absolute atomic E-state index is 0.654. The third-order valence-corrected chi connectivity index (χ3v) is 5.21. The van der Waals surface area contributed by atoms with E-state index in [9.17, 15) is 0 Å². The van der Waals surface area contributed by atoms with Crippen LogP contribution < -0.4 is 5.32 Å². The zero-order valence-electron chi connectivity index (χ0n) is 11.7. The van der Waals surface area contributed by atoms with Crippen LogP contribution in [0, 0.1) is 0 Å². The van der Waals surface area contributed by atoms with E-state index in [4.69, 9.17) is 23.2 Å². The highest BCUT2D eigenvalue weighted by Crippen LogP contribution is 2.28. The Morgan fingerprint density at radius 1 is 1.15 bits per heavy atom. The third kappa shape index (κ3) is 3.30. The van der Waals surface area contributed by atoms with Crippen molar-refractivity contribution >= 4 is 23.2 Å². The molecular weight excluding hydrogens is 291 g/mol. The maximum absolute atomic E-state index is 6.32. The molecule has 0 saturated carbocycles. The highest BCUT2D eigenvalue weighted by atomic mass is 35.5. The van der Waals surface area contributed by atoms with E-state index in [2.05, 4.69) is 10.2 Å². The van der Waals surface area contributed by atoms with Crippen LogP contribution in [-0.4, -0.2) is 30.1 Å². The van der Waals surface area contributed by atoms with E-state index in [-0.39, 0.29) is 0 Å². The lowest BCUT2D eigenvalue weighted by molar-refractivity contribution is 0.112.